The molecule has 0 aliphatic rings. The molecule has 0 aliphatic carbocycles. The van der Waals surface area contributed by atoms with Crippen LogP contribution < -0.4 is 5.19 Å². The van der Waals surface area contributed by atoms with Gasteiger partial charge in [-0.25, -0.2) is 0 Å². The van der Waals surface area contributed by atoms with Gasteiger partial charge in [0.05, 0.1) is 10.2 Å². The van der Waals surface area contributed by atoms with E-state index in [9.17, 15) is 0 Å². The van der Waals surface area contributed by atoms with Crippen LogP contribution in [0, 0.1) is 0 Å². The lowest BCUT2D eigenvalue weighted by atomic mass is 10.1. The Hall–Kier alpha value is -0.533. The molecule has 1 aromatic carbocycles. The Morgan fingerprint density at radius 2 is 2.09 bits per heavy atom. The molecule has 0 nitrogen and oxygen atoms in total. The number of hydrogen-bond donors (Lipinski definition) is 0. The molecule has 0 aromatic heterocycles. The van der Waals surface area contributed by atoms with E-state index in [0.717, 1.165) is 11.6 Å². The minimum atomic E-state index is 0.663. The van der Waals surface area contributed by atoms with Crippen molar-refractivity contribution in [3.05, 3.63) is 41.4 Å². The molecule has 1 aromatic rings. The Morgan fingerprint density at radius 3 is 2.64 bits per heavy atom. The number of halogens is 1. The number of allylic oxidation sites excluding steroid dienone is 1. The highest BCUT2D eigenvalue weighted by atomic mass is 35.5. The van der Waals surface area contributed by atoms with Crippen LogP contribution in [-0.4, -0.2) is 10.2 Å². The van der Waals surface area contributed by atoms with E-state index in [1.54, 1.807) is 0 Å². The van der Waals surface area contributed by atoms with Gasteiger partial charge in [-0.05, 0) is 5.56 Å². The van der Waals surface area contributed by atoms with Crippen molar-refractivity contribution < 1.29 is 0 Å². The summed E-state index contributed by atoms with van der Waals surface area (Å²) in [5, 5.41) is 1.74. The highest BCUT2D eigenvalue weighted by Gasteiger charge is 1.96. The summed E-state index contributed by atoms with van der Waals surface area (Å²) in [5.74, 6) is 0. The molecule has 0 atom stereocenters. The number of hydrogen-bond acceptors (Lipinski definition) is 0. The van der Waals surface area contributed by atoms with Crippen LogP contribution in [0.4, 0.5) is 0 Å². The van der Waals surface area contributed by atoms with Crippen molar-refractivity contribution in [2.75, 3.05) is 0 Å². The zero-order valence-electron chi connectivity index (χ0n) is 6.10. The standard InChI is InChI=1S/C9H8ClSi/c1-7(10)6-8-4-2-3-5-9(8)11/h2-5H,1,6H2. The molecule has 1 rings (SSSR count). The quantitative estimate of drug-likeness (QED) is 0.608. The Morgan fingerprint density at radius 1 is 1.45 bits per heavy atom. The molecule has 3 radical (unpaired) electrons. The minimum absolute atomic E-state index is 0.663. The van der Waals surface area contributed by atoms with Gasteiger partial charge in [-0.3, -0.25) is 0 Å². The molecule has 0 heterocycles. The summed E-state index contributed by atoms with van der Waals surface area (Å²) in [7, 11) is 3.47. The summed E-state index contributed by atoms with van der Waals surface area (Å²) in [6, 6.07) is 7.98. The summed E-state index contributed by atoms with van der Waals surface area (Å²) in [4.78, 5) is 0. The second kappa shape index (κ2) is 3.74. The number of benzene rings is 1. The maximum Gasteiger partial charge on any atom is 0.0715 e. The number of rotatable bonds is 2. The molecule has 0 amide bonds. The molecular weight excluding hydrogens is 172 g/mol. The molecule has 0 saturated carbocycles. The summed E-state index contributed by atoms with van der Waals surface area (Å²) in [5.41, 5.74) is 1.17. The largest absolute Gasteiger partial charge is 0.0894 e. The van der Waals surface area contributed by atoms with Gasteiger partial charge in [-0.15, -0.1) is 0 Å². The van der Waals surface area contributed by atoms with Gasteiger partial charge in [-0.1, -0.05) is 47.6 Å². The molecule has 0 unspecified atom stereocenters. The van der Waals surface area contributed by atoms with Crippen molar-refractivity contribution in [1.82, 2.24) is 0 Å². The van der Waals surface area contributed by atoms with E-state index in [4.69, 9.17) is 11.6 Å². The van der Waals surface area contributed by atoms with Gasteiger partial charge in [0, 0.05) is 11.5 Å². The van der Waals surface area contributed by atoms with Gasteiger partial charge < -0.3 is 0 Å². The van der Waals surface area contributed by atoms with Gasteiger partial charge in [0.1, 0.15) is 0 Å². The maximum atomic E-state index is 5.67. The van der Waals surface area contributed by atoms with Crippen molar-refractivity contribution >= 4 is 27.0 Å². The first-order valence-electron chi connectivity index (χ1n) is 3.33. The first kappa shape index (κ1) is 8.56. The van der Waals surface area contributed by atoms with E-state index in [-0.39, 0.29) is 0 Å². The van der Waals surface area contributed by atoms with Gasteiger partial charge in [0.2, 0.25) is 0 Å². The second-order valence-corrected chi connectivity index (χ2v) is 3.42. The fourth-order valence-corrected chi connectivity index (χ4v) is 1.29. The van der Waals surface area contributed by atoms with E-state index in [0.29, 0.717) is 5.03 Å². The molecule has 0 fully saturated rings. The van der Waals surface area contributed by atoms with Crippen LogP contribution in [0.15, 0.2) is 35.9 Å². The van der Waals surface area contributed by atoms with E-state index < -0.39 is 0 Å². The Labute approximate surface area is 75.3 Å². The molecule has 0 saturated heterocycles. The topological polar surface area (TPSA) is 0 Å². The first-order chi connectivity index (χ1) is 5.20. The van der Waals surface area contributed by atoms with Crippen LogP contribution in [0.5, 0.6) is 0 Å². The van der Waals surface area contributed by atoms with Crippen molar-refractivity contribution in [3.8, 4) is 0 Å². The predicted molar refractivity (Wildman–Crippen MR) is 50.5 cm³/mol. The smallest absolute Gasteiger partial charge is 0.0715 e. The minimum Gasteiger partial charge on any atom is -0.0894 e. The lowest BCUT2D eigenvalue weighted by Gasteiger charge is -2.02. The average molecular weight is 180 g/mol. The highest BCUT2D eigenvalue weighted by molar-refractivity contribution is 6.34. The maximum absolute atomic E-state index is 5.67. The third-order valence-electron chi connectivity index (χ3n) is 1.40. The predicted octanol–water partition coefficient (Wildman–Crippen LogP) is 1.78. The van der Waals surface area contributed by atoms with Gasteiger partial charge in [0.15, 0.2) is 0 Å². The van der Waals surface area contributed by atoms with E-state index in [1.165, 1.54) is 5.56 Å². The highest BCUT2D eigenvalue weighted by Crippen LogP contribution is 2.06. The van der Waals surface area contributed by atoms with Crippen LogP contribution in [0.1, 0.15) is 5.56 Å². The molecular formula is C9H8ClSi. The zero-order valence-corrected chi connectivity index (χ0v) is 7.86. The van der Waals surface area contributed by atoms with Crippen LogP contribution in [-0.2, 0) is 6.42 Å². The van der Waals surface area contributed by atoms with Crippen molar-refractivity contribution in [1.29, 1.82) is 0 Å². The van der Waals surface area contributed by atoms with Crippen molar-refractivity contribution in [2.24, 2.45) is 0 Å². The van der Waals surface area contributed by atoms with Crippen LogP contribution in [0.3, 0.4) is 0 Å². The van der Waals surface area contributed by atoms with Gasteiger partial charge in [-0.2, -0.15) is 0 Å². The molecule has 0 bridgehead atoms. The molecule has 0 N–H and O–H groups in total. The van der Waals surface area contributed by atoms with Crippen LogP contribution in [0.2, 0.25) is 0 Å². The average Bonchev–Trinajstić information content (AvgIpc) is 1.93. The molecule has 11 heavy (non-hydrogen) atoms. The van der Waals surface area contributed by atoms with Crippen LogP contribution in [0.25, 0.3) is 0 Å². The summed E-state index contributed by atoms with van der Waals surface area (Å²) in [6.45, 7) is 3.64. The van der Waals surface area contributed by atoms with Crippen molar-refractivity contribution in [3.63, 3.8) is 0 Å². The summed E-state index contributed by atoms with van der Waals surface area (Å²) >= 11 is 5.67. The Kier molecular flexibility index (Phi) is 2.91. The van der Waals surface area contributed by atoms with Crippen molar-refractivity contribution in [2.45, 2.75) is 6.42 Å². The normalized spacial score (nSPS) is 9.64. The lowest BCUT2D eigenvalue weighted by Crippen LogP contribution is -2.08. The molecule has 55 valence electrons. The SMILES string of the molecule is C=C(Cl)Cc1ccccc1[Si]. The third kappa shape index (κ3) is 2.52. The molecule has 0 spiro atoms. The summed E-state index contributed by atoms with van der Waals surface area (Å²) in [6.07, 6.45) is 0.723. The van der Waals surface area contributed by atoms with Gasteiger partial charge >= 0.3 is 0 Å². The fourth-order valence-electron chi connectivity index (χ4n) is 0.881. The van der Waals surface area contributed by atoms with E-state index >= 15 is 0 Å². The second-order valence-electron chi connectivity index (χ2n) is 2.35. The van der Waals surface area contributed by atoms with Gasteiger partial charge in [0.25, 0.3) is 0 Å². The molecule has 2 heteroatoms. The molecule has 0 aliphatic heterocycles. The first-order valence-corrected chi connectivity index (χ1v) is 4.20. The van der Waals surface area contributed by atoms with Crippen LogP contribution >= 0.6 is 11.6 Å². The zero-order chi connectivity index (χ0) is 8.27. The lowest BCUT2D eigenvalue weighted by molar-refractivity contribution is 1.27. The fraction of sp³-hybridized carbons (Fsp3) is 0.111. The summed E-state index contributed by atoms with van der Waals surface area (Å²) < 4.78 is 0. The third-order valence-corrected chi connectivity index (χ3v) is 2.02. The Balaban J connectivity index is 2.86. The Bertz CT molecular complexity index is 268. The monoisotopic (exact) mass is 179 g/mol. The van der Waals surface area contributed by atoms with E-state index in [2.05, 4.69) is 16.8 Å². The van der Waals surface area contributed by atoms with E-state index in [1.807, 2.05) is 24.3 Å².